The monoisotopic (exact) mass is 257 g/mol. The predicted octanol–water partition coefficient (Wildman–Crippen LogP) is 0.974. The normalized spacial score (nSPS) is 11.9. The van der Waals surface area contributed by atoms with Gasteiger partial charge < -0.3 is 10.4 Å². The number of carboxylic acids is 1. The molecule has 16 heavy (non-hydrogen) atoms. The van der Waals surface area contributed by atoms with Gasteiger partial charge in [0.25, 0.3) is 0 Å². The maximum Gasteiger partial charge on any atom is 0.336 e. The van der Waals surface area contributed by atoms with E-state index in [1.807, 2.05) is 6.07 Å². The Kier molecular flexibility index (Phi) is 4.70. The number of rotatable bonds is 4. The molecule has 1 amide bonds. The number of hydrogen-bond donors (Lipinski definition) is 4. The van der Waals surface area contributed by atoms with E-state index in [0.29, 0.717) is 4.90 Å². The van der Waals surface area contributed by atoms with Crippen LogP contribution in [-0.4, -0.2) is 22.4 Å². The van der Waals surface area contributed by atoms with E-state index in [1.165, 1.54) is 0 Å². The van der Waals surface area contributed by atoms with Crippen molar-refractivity contribution >= 4 is 37.1 Å². The lowest BCUT2D eigenvalue weighted by Gasteiger charge is -2.09. The van der Waals surface area contributed by atoms with Gasteiger partial charge in [-0.2, -0.15) is 0 Å². The van der Waals surface area contributed by atoms with Crippen LogP contribution in [0.2, 0.25) is 0 Å². The standard InChI is InChI=1S/C10H11NO3S2/c12-8(11-9(16)10(13)14)5-6-3-1-2-4-7(6)15/h1-4,9,15-16H,5H2,(H,11,12)(H,13,14). The molecule has 0 radical (unpaired) electrons. The molecule has 6 heteroatoms. The summed E-state index contributed by atoms with van der Waals surface area (Å²) in [5, 5.41) is 9.61. The molecule has 0 aliphatic rings. The van der Waals surface area contributed by atoms with Crippen molar-refractivity contribution in [1.29, 1.82) is 0 Å². The van der Waals surface area contributed by atoms with Crippen LogP contribution in [0.5, 0.6) is 0 Å². The van der Waals surface area contributed by atoms with Gasteiger partial charge >= 0.3 is 5.97 Å². The molecule has 0 aliphatic heterocycles. The van der Waals surface area contributed by atoms with Crippen LogP contribution >= 0.6 is 25.3 Å². The third-order valence-corrected chi connectivity index (χ3v) is 2.66. The molecule has 0 saturated carbocycles. The Bertz CT molecular complexity index is 409. The molecule has 0 spiro atoms. The first-order valence-electron chi connectivity index (χ1n) is 4.48. The molecule has 1 aromatic rings. The number of amides is 1. The topological polar surface area (TPSA) is 66.4 Å². The number of benzene rings is 1. The molecular formula is C10H11NO3S2. The third kappa shape index (κ3) is 3.79. The second-order valence-corrected chi connectivity index (χ2v) is 4.11. The van der Waals surface area contributed by atoms with E-state index in [2.05, 4.69) is 30.6 Å². The molecule has 0 saturated heterocycles. The molecule has 4 nitrogen and oxygen atoms in total. The van der Waals surface area contributed by atoms with Gasteiger partial charge in [0, 0.05) is 4.90 Å². The van der Waals surface area contributed by atoms with Crippen molar-refractivity contribution in [3.05, 3.63) is 29.8 Å². The van der Waals surface area contributed by atoms with Crippen LogP contribution in [0.15, 0.2) is 29.2 Å². The molecule has 0 heterocycles. The molecule has 1 atom stereocenters. The van der Waals surface area contributed by atoms with Gasteiger partial charge in [-0.05, 0) is 11.6 Å². The number of aliphatic carboxylic acids is 1. The molecule has 2 N–H and O–H groups in total. The fourth-order valence-corrected chi connectivity index (χ4v) is 1.48. The summed E-state index contributed by atoms with van der Waals surface area (Å²) >= 11 is 7.89. The first-order chi connectivity index (χ1) is 7.50. The number of hydrogen-bond acceptors (Lipinski definition) is 4. The van der Waals surface area contributed by atoms with Crippen LogP contribution in [0, 0.1) is 0 Å². The maximum atomic E-state index is 11.4. The zero-order valence-corrected chi connectivity index (χ0v) is 10.0. The minimum atomic E-state index is -1.18. The Morgan fingerprint density at radius 2 is 2.00 bits per heavy atom. The first kappa shape index (κ1) is 12.9. The van der Waals surface area contributed by atoms with Crippen LogP contribution < -0.4 is 5.32 Å². The summed E-state index contributed by atoms with van der Waals surface area (Å²) in [6.45, 7) is 0. The van der Waals surface area contributed by atoms with Crippen LogP contribution in [0.25, 0.3) is 0 Å². The van der Waals surface area contributed by atoms with Gasteiger partial charge in [0.1, 0.15) is 0 Å². The molecule has 0 aliphatic carbocycles. The summed E-state index contributed by atoms with van der Waals surface area (Å²) in [7, 11) is 0. The van der Waals surface area contributed by atoms with Crippen molar-refractivity contribution in [2.75, 3.05) is 0 Å². The Morgan fingerprint density at radius 3 is 2.56 bits per heavy atom. The quantitative estimate of drug-likeness (QED) is 0.480. The molecule has 1 rings (SSSR count). The second kappa shape index (κ2) is 5.81. The van der Waals surface area contributed by atoms with Crippen LogP contribution in [0.1, 0.15) is 5.56 Å². The first-order valence-corrected chi connectivity index (χ1v) is 5.44. The lowest BCUT2D eigenvalue weighted by molar-refractivity contribution is -0.138. The number of carbonyl (C=O) groups excluding carboxylic acids is 1. The van der Waals surface area contributed by atoms with Crippen LogP contribution in [0.3, 0.4) is 0 Å². The van der Waals surface area contributed by atoms with Gasteiger partial charge in [-0.1, -0.05) is 18.2 Å². The lowest BCUT2D eigenvalue weighted by atomic mass is 10.1. The minimum Gasteiger partial charge on any atom is -0.479 e. The summed E-state index contributed by atoms with van der Waals surface area (Å²) in [5.41, 5.74) is 0.745. The van der Waals surface area contributed by atoms with Crippen molar-refractivity contribution in [3.8, 4) is 0 Å². The predicted molar refractivity (Wildman–Crippen MR) is 66.0 cm³/mol. The highest BCUT2D eigenvalue weighted by molar-refractivity contribution is 7.81. The minimum absolute atomic E-state index is 0.0873. The van der Waals surface area contributed by atoms with E-state index in [4.69, 9.17) is 5.11 Å². The van der Waals surface area contributed by atoms with Gasteiger partial charge in [0.05, 0.1) is 6.42 Å². The van der Waals surface area contributed by atoms with E-state index in [1.54, 1.807) is 18.2 Å². The SMILES string of the molecule is O=C(Cc1ccccc1S)NC(S)C(=O)O. The van der Waals surface area contributed by atoms with E-state index in [9.17, 15) is 9.59 Å². The van der Waals surface area contributed by atoms with Crippen LogP contribution in [-0.2, 0) is 16.0 Å². The second-order valence-electron chi connectivity index (χ2n) is 3.11. The smallest absolute Gasteiger partial charge is 0.336 e. The Labute approximate surface area is 104 Å². The zero-order chi connectivity index (χ0) is 12.1. The molecule has 1 aromatic carbocycles. The third-order valence-electron chi connectivity index (χ3n) is 1.87. The van der Waals surface area contributed by atoms with Crippen LogP contribution in [0.4, 0.5) is 0 Å². The average Bonchev–Trinajstić information content (AvgIpc) is 2.21. The van der Waals surface area contributed by atoms with Crippen molar-refractivity contribution in [2.24, 2.45) is 0 Å². The largest absolute Gasteiger partial charge is 0.479 e. The molecule has 0 aromatic heterocycles. The van der Waals surface area contributed by atoms with E-state index < -0.39 is 17.3 Å². The number of carbonyl (C=O) groups is 2. The van der Waals surface area contributed by atoms with Gasteiger partial charge in [0.15, 0.2) is 5.37 Å². The Morgan fingerprint density at radius 1 is 1.38 bits per heavy atom. The van der Waals surface area contributed by atoms with E-state index >= 15 is 0 Å². The molecule has 1 unspecified atom stereocenters. The fourth-order valence-electron chi connectivity index (χ4n) is 1.10. The fraction of sp³-hybridized carbons (Fsp3) is 0.200. The van der Waals surface area contributed by atoms with E-state index in [0.717, 1.165) is 5.56 Å². The number of thiol groups is 2. The molecule has 0 bridgehead atoms. The molecular weight excluding hydrogens is 246 g/mol. The van der Waals surface area contributed by atoms with Crippen molar-refractivity contribution in [3.63, 3.8) is 0 Å². The maximum absolute atomic E-state index is 11.4. The van der Waals surface area contributed by atoms with E-state index in [-0.39, 0.29) is 6.42 Å². The van der Waals surface area contributed by atoms with Crippen molar-refractivity contribution in [1.82, 2.24) is 5.32 Å². The lowest BCUT2D eigenvalue weighted by Crippen LogP contribution is -2.37. The highest BCUT2D eigenvalue weighted by Gasteiger charge is 2.15. The van der Waals surface area contributed by atoms with Gasteiger partial charge in [-0.3, -0.25) is 4.79 Å². The summed E-state index contributed by atoms with van der Waals surface area (Å²) in [6, 6.07) is 7.12. The van der Waals surface area contributed by atoms with Crippen molar-refractivity contribution < 1.29 is 14.7 Å². The van der Waals surface area contributed by atoms with Crippen molar-refractivity contribution in [2.45, 2.75) is 16.7 Å². The van der Waals surface area contributed by atoms with Gasteiger partial charge in [0.2, 0.25) is 5.91 Å². The highest BCUT2D eigenvalue weighted by atomic mass is 32.1. The Balaban J connectivity index is 2.59. The highest BCUT2D eigenvalue weighted by Crippen LogP contribution is 2.13. The molecule has 86 valence electrons. The molecule has 0 fully saturated rings. The number of nitrogens with one attached hydrogen (secondary N) is 1. The summed E-state index contributed by atoms with van der Waals surface area (Å²) in [5.74, 6) is -1.58. The Hall–Kier alpha value is -1.14. The summed E-state index contributed by atoms with van der Waals surface area (Å²) in [6.07, 6.45) is 0.0873. The number of carboxylic acid groups (broad SMARTS) is 1. The zero-order valence-electron chi connectivity index (χ0n) is 8.25. The summed E-state index contributed by atoms with van der Waals surface area (Å²) < 4.78 is 0. The summed E-state index contributed by atoms with van der Waals surface area (Å²) in [4.78, 5) is 22.6. The van der Waals surface area contributed by atoms with Gasteiger partial charge in [-0.25, -0.2) is 4.79 Å². The average molecular weight is 257 g/mol. The van der Waals surface area contributed by atoms with Gasteiger partial charge in [-0.15, -0.1) is 25.3 Å².